The number of rotatable bonds is 8. The standard InChI is InChI=1S/C11H23O5P/c1-4-7-8-16-10(12)11(5-2,6-3)9-17(13,14)15/h4-9H2,1-3H3,(H2,13,14,15). The first-order chi connectivity index (χ1) is 7.81. The summed E-state index contributed by atoms with van der Waals surface area (Å²) in [5.74, 6) is -0.487. The molecule has 0 radical (unpaired) electrons. The number of esters is 1. The maximum Gasteiger partial charge on any atom is 0.326 e. The van der Waals surface area contributed by atoms with Gasteiger partial charge in [0.05, 0.1) is 18.2 Å². The van der Waals surface area contributed by atoms with Gasteiger partial charge >= 0.3 is 13.6 Å². The average Bonchev–Trinajstić information content (AvgIpc) is 2.25. The molecule has 0 rings (SSSR count). The molecular weight excluding hydrogens is 243 g/mol. The summed E-state index contributed by atoms with van der Waals surface area (Å²) in [5.41, 5.74) is -1.05. The summed E-state index contributed by atoms with van der Waals surface area (Å²) in [7, 11) is -4.21. The van der Waals surface area contributed by atoms with Crippen LogP contribution in [0.15, 0.2) is 0 Å². The average molecular weight is 266 g/mol. The molecule has 5 nitrogen and oxygen atoms in total. The highest BCUT2D eigenvalue weighted by molar-refractivity contribution is 7.51. The first-order valence-corrected chi connectivity index (χ1v) is 7.83. The van der Waals surface area contributed by atoms with Crippen LogP contribution in [0.5, 0.6) is 0 Å². The minimum absolute atomic E-state index is 0.318. The van der Waals surface area contributed by atoms with E-state index in [4.69, 9.17) is 14.5 Å². The summed E-state index contributed by atoms with van der Waals surface area (Å²) in [6.07, 6.45) is 2.00. The molecule has 0 saturated heterocycles. The lowest BCUT2D eigenvalue weighted by Gasteiger charge is -2.29. The van der Waals surface area contributed by atoms with Gasteiger partial charge in [0.25, 0.3) is 0 Å². The lowest BCUT2D eigenvalue weighted by atomic mass is 9.84. The van der Waals surface area contributed by atoms with E-state index in [-0.39, 0.29) is 0 Å². The highest BCUT2D eigenvalue weighted by atomic mass is 31.2. The van der Waals surface area contributed by atoms with E-state index in [1.165, 1.54) is 0 Å². The summed E-state index contributed by atoms with van der Waals surface area (Å²) >= 11 is 0. The molecule has 0 aromatic carbocycles. The van der Waals surface area contributed by atoms with Crippen molar-refractivity contribution in [3.8, 4) is 0 Å². The van der Waals surface area contributed by atoms with Crippen molar-refractivity contribution < 1.29 is 23.9 Å². The Hall–Kier alpha value is -0.380. The van der Waals surface area contributed by atoms with Crippen molar-refractivity contribution >= 4 is 13.6 Å². The molecule has 0 spiro atoms. The second kappa shape index (κ2) is 7.14. The monoisotopic (exact) mass is 266 g/mol. The van der Waals surface area contributed by atoms with Gasteiger partial charge in [-0.1, -0.05) is 27.2 Å². The fourth-order valence-corrected chi connectivity index (χ4v) is 3.05. The summed E-state index contributed by atoms with van der Waals surface area (Å²) in [5, 5.41) is 0. The highest BCUT2D eigenvalue weighted by Gasteiger charge is 2.42. The smallest absolute Gasteiger partial charge is 0.326 e. The minimum Gasteiger partial charge on any atom is -0.465 e. The van der Waals surface area contributed by atoms with Gasteiger partial charge in [0.2, 0.25) is 0 Å². The topological polar surface area (TPSA) is 83.8 Å². The van der Waals surface area contributed by atoms with Crippen LogP contribution >= 0.6 is 7.60 Å². The molecule has 0 heterocycles. The van der Waals surface area contributed by atoms with Crippen molar-refractivity contribution in [2.75, 3.05) is 12.8 Å². The van der Waals surface area contributed by atoms with E-state index in [9.17, 15) is 9.36 Å². The number of hydrogen-bond donors (Lipinski definition) is 2. The van der Waals surface area contributed by atoms with Gasteiger partial charge in [-0.25, -0.2) is 0 Å². The second-order valence-corrected chi connectivity index (χ2v) is 5.95. The van der Waals surface area contributed by atoms with Crippen molar-refractivity contribution in [1.29, 1.82) is 0 Å². The van der Waals surface area contributed by atoms with E-state index < -0.39 is 25.1 Å². The Morgan fingerprint density at radius 1 is 1.24 bits per heavy atom. The molecule has 0 aliphatic rings. The Kier molecular flexibility index (Phi) is 6.98. The Morgan fingerprint density at radius 3 is 2.12 bits per heavy atom. The second-order valence-electron chi connectivity index (χ2n) is 4.30. The molecule has 0 atom stereocenters. The third-order valence-corrected chi connectivity index (χ3v) is 4.04. The Bertz CT molecular complexity index is 280. The van der Waals surface area contributed by atoms with Gasteiger partial charge in [-0.2, -0.15) is 0 Å². The zero-order valence-electron chi connectivity index (χ0n) is 10.8. The summed E-state index contributed by atoms with van der Waals surface area (Å²) in [6.45, 7) is 5.80. The van der Waals surface area contributed by atoms with E-state index in [1.807, 2.05) is 6.92 Å². The van der Waals surface area contributed by atoms with E-state index >= 15 is 0 Å². The molecule has 6 heteroatoms. The molecule has 0 aliphatic heterocycles. The van der Waals surface area contributed by atoms with Crippen LogP contribution in [0.4, 0.5) is 0 Å². The van der Waals surface area contributed by atoms with E-state index in [0.29, 0.717) is 19.4 Å². The molecule has 0 bridgehead atoms. The predicted molar refractivity (Wildman–Crippen MR) is 65.8 cm³/mol. The van der Waals surface area contributed by atoms with Crippen LogP contribution in [0.3, 0.4) is 0 Å². The molecule has 0 aromatic rings. The van der Waals surface area contributed by atoms with Gasteiger partial charge in [0.1, 0.15) is 0 Å². The third kappa shape index (κ3) is 5.66. The molecule has 2 N–H and O–H groups in total. The van der Waals surface area contributed by atoms with Crippen LogP contribution in [-0.2, 0) is 14.1 Å². The Balaban J connectivity index is 4.69. The van der Waals surface area contributed by atoms with Crippen molar-refractivity contribution in [3.63, 3.8) is 0 Å². The molecule has 0 amide bonds. The van der Waals surface area contributed by atoms with E-state index in [0.717, 1.165) is 12.8 Å². The van der Waals surface area contributed by atoms with Gasteiger partial charge in [-0.05, 0) is 19.3 Å². The molecule has 102 valence electrons. The van der Waals surface area contributed by atoms with Gasteiger partial charge in [0.15, 0.2) is 0 Å². The van der Waals surface area contributed by atoms with Gasteiger partial charge < -0.3 is 14.5 Å². The Labute approximate surface area is 103 Å². The molecule has 0 unspecified atom stereocenters. The Morgan fingerprint density at radius 2 is 1.76 bits per heavy atom. The quantitative estimate of drug-likeness (QED) is 0.400. The SMILES string of the molecule is CCCCOC(=O)C(CC)(CC)CP(=O)(O)O. The first kappa shape index (κ1) is 16.6. The molecule has 0 aromatic heterocycles. The predicted octanol–water partition coefficient (Wildman–Crippen LogP) is 2.31. The van der Waals surface area contributed by atoms with Crippen LogP contribution in [0, 0.1) is 5.41 Å². The van der Waals surface area contributed by atoms with Crippen LogP contribution < -0.4 is 0 Å². The van der Waals surface area contributed by atoms with Crippen LogP contribution in [0.25, 0.3) is 0 Å². The normalized spacial score (nSPS) is 12.5. The van der Waals surface area contributed by atoms with Gasteiger partial charge in [0, 0.05) is 0 Å². The number of ether oxygens (including phenoxy) is 1. The maximum absolute atomic E-state index is 11.9. The first-order valence-electron chi connectivity index (χ1n) is 6.03. The minimum atomic E-state index is -4.21. The lowest BCUT2D eigenvalue weighted by molar-refractivity contribution is -0.155. The molecule has 17 heavy (non-hydrogen) atoms. The number of hydrogen-bond acceptors (Lipinski definition) is 3. The van der Waals surface area contributed by atoms with Crippen molar-refractivity contribution in [2.45, 2.75) is 46.5 Å². The summed E-state index contributed by atoms with van der Waals surface area (Å²) in [6, 6.07) is 0. The molecule has 0 fully saturated rings. The molecule has 0 aliphatic carbocycles. The fraction of sp³-hybridized carbons (Fsp3) is 0.909. The van der Waals surface area contributed by atoms with Gasteiger partial charge in [-0.3, -0.25) is 9.36 Å². The van der Waals surface area contributed by atoms with E-state index in [1.54, 1.807) is 13.8 Å². The zero-order valence-corrected chi connectivity index (χ0v) is 11.7. The lowest BCUT2D eigenvalue weighted by Crippen LogP contribution is -2.35. The number of carbonyl (C=O) groups is 1. The van der Waals surface area contributed by atoms with Crippen LogP contribution in [-0.4, -0.2) is 28.5 Å². The van der Waals surface area contributed by atoms with Crippen LogP contribution in [0.2, 0.25) is 0 Å². The largest absolute Gasteiger partial charge is 0.465 e. The van der Waals surface area contributed by atoms with Crippen molar-refractivity contribution in [1.82, 2.24) is 0 Å². The summed E-state index contributed by atoms with van der Waals surface area (Å²) < 4.78 is 16.2. The summed E-state index contributed by atoms with van der Waals surface area (Å²) in [4.78, 5) is 30.0. The highest BCUT2D eigenvalue weighted by Crippen LogP contribution is 2.45. The fourth-order valence-electron chi connectivity index (χ4n) is 1.68. The molecular formula is C11H23O5P. The van der Waals surface area contributed by atoms with Crippen molar-refractivity contribution in [2.24, 2.45) is 5.41 Å². The zero-order chi connectivity index (χ0) is 13.5. The van der Waals surface area contributed by atoms with Crippen LogP contribution in [0.1, 0.15) is 46.5 Å². The van der Waals surface area contributed by atoms with Crippen molar-refractivity contribution in [3.05, 3.63) is 0 Å². The maximum atomic E-state index is 11.9. The third-order valence-electron chi connectivity index (χ3n) is 3.03. The van der Waals surface area contributed by atoms with Gasteiger partial charge in [-0.15, -0.1) is 0 Å². The number of carbonyl (C=O) groups excluding carboxylic acids is 1. The van der Waals surface area contributed by atoms with E-state index in [2.05, 4.69) is 0 Å². The molecule has 0 saturated carbocycles. The number of unbranched alkanes of at least 4 members (excludes halogenated alkanes) is 1.